The molecule has 118 valence electrons. The zero-order valence-electron chi connectivity index (χ0n) is 13.2. The van der Waals surface area contributed by atoms with E-state index in [0.29, 0.717) is 13.1 Å². The lowest BCUT2D eigenvalue weighted by molar-refractivity contribution is 0.192. The monoisotopic (exact) mass is 293 g/mol. The average Bonchev–Trinajstić information content (AvgIpc) is 2.50. The molecule has 1 unspecified atom stereocenters. The molecular formula is C16H27N3O2. The zero-order chi connectivity index (χ0) is 15.7. The lowest BCUT2D eigenvalue weighted by Gasteiger charge is -2.21. The third-order valence-corrected chi connectivity index (χ3v) is 3.38. The summed E-state index contributed by atoms with van der Waals surface area (Å²) in [5, 5.41) is 15.3. The van der Waals surface area contributed by atoms with E-state index in [0.717, 1.165) is 24.2 Å². The Kier molecular flexibility index (Phi) is 7.79. The number of aliphatic hydroxyl groups excluding tert-OH is 1. The molecule has 0 spiro atoms. The Balaban J connectivity index is 2.69. The van der Waals surface area contributed by atoms with E-state index in [9.17, 15) is 4.79 Å². The number of nitrogens with one attached hydrogen (secondary N) is 2. The van der Waals surface area contributed by atoms with E-state index in [4.69, 9.17) is 5.11 Å². The van der Waals surface area contributed by atoms with Crippen LogP contribution in [0.15, 0.2) is 24.3 Å². The molecule has 1 aromatic rings. The number of urea groups is 1. The number of hydrogen-bond donors (Lipinski definition) is 3. The minimum Gasteiger partial charge on any atom is -0.395 e. The summed E-state index contributed by atoms with van der Waals surface area (Å²) in [6, 6.07) is 7.92. The molecule has 0 fully saturated rings. The molecule has 0 bridgehead atoms. The van der Waals surface area contributed by atoms with Crippen LogP contribution in [0.3, 0.4) is 0 Å². The van der Waals surface area contributed by atoms with Gasteiger partial charge in [0, 0.05) is 24.8 Å². The van der Waals surface area contributed by atoms with Gasteiger partial charge in [-0.3, -0.25) is 0 Å². The number of hydrogen-bond acceptors (Lipinski definition) is 3. The van der Waals surface area contributed by atoms with E-state index >= 15 is 0 Å². The van der Waals surface area contributed by atoms with Gasteiger partial charge in [-0.25, -0.2) is 4.79 Å². The van der Waals surface area contributed by atoms with Crippen LogP contribution in [0.25, 0.3) is 0 Å². The molecule has 1 aromatic carbocycles. The number of rotatable bonds is 8. The van der Waals surface area contributed by atoms with Gasteiger partial charge in [0.1, 0.15) is 0 Å². The first-order chi connectivity index (χ1) is 10.1. The molecule has 0 aliphatic carbocycles. The first-order valence-electron chi connectivity index (χ1n) is 7.62. The number of amides is 2. The number of anilines is 1. The van der Waals surface area contributed by atoms with E-state index in [2.05, 4.69) is 24.5 Å². The van der Waals surface area contributed by atoms with Crippen molar-refractivity contribution in [3.8, 4) is 0 Å². The van der Waals surface area contributed by atoms with Crippen molar-refractivity contribution < 1.29 is 9.90 Å². The highest BCUT2D eigenvalue weighted by molar-refractivity contribution is 5.89. The fourth-order valence-corrected chi connectivity index (χ4v) is 2.09. The predicted molar refractivity (Wildman–Crippen MR) is 86.5 cm³/mol. The molecule has 0 radical (unpaired) electrons. The summed E-state index contributed by atoms with van der Waals surface area (Å²) >= 11 is 0. The molecule has 0 aliphatic heterocycles. The molecule has 0 heterocycles. The molecule has 3 N–H and O–H groups in total. The molecule has 1 atom stereocenters. The van der Waals surface area contributed by atoms with Gasteiger partial charge in [0.15, 0.2) is 0 Å². The topological polar surface area (TPSA) is 64.6 Å². The van der Waals surface area contributed by atoms with Gasteiger partial charge in [0.25, 0.3) is 0 Å². The molecular weight excluding hydrogens is 266 g/mol. The van der Waals surface area contributed by atoms with Crippen molar-refractivity contribution in [2.24, 2.45) is 0 Å². The molecule has 0 aromatic heterocycles. The SMILES string of the molecule is CCCNC(C)c1cccc(NC(=O)N(CC)CCO)c1. The van der Waals surface area contributed by atoms with Crippen molar-refractivity contribution in [1.82, 2.24) is 10.2 Å². The van der Waals surface area contributed by atoms with Crippen LogP contribution in [0.5, 0.6) is 0 Å². The van der Waals surface area contributed by atoms with Crippen LogP contribution in [-0.4, -0.2) is 42.3 Å². The number of benzene rings is 1. The summed E-state index contributed by atoms with van der Waals surface area (Å²) in [5.41, 5.74) is 1.92. The van der Waals surface area contributed by atoms with Gasteiger partial charge in [-0.1, -0.05) is 19.1 Å². The molecule has 5 heteroatoms. The second-order valence-corrected chi connectivity index (χ2v) is 5.03. The first kappa shape index (κ1) is 17.5. The third kappa shape index (κ3) is 5.73. The highest BCUT2D eigenvalue weighted by Crippen LogP contribution is 2.17. The summed E-state index contributed by atoms with van der Waals surface area (Å²) in [6.45, 7) is 7.99. The van der Waals surface area contributed by atoms with Crippen molar-refractivity contribution in [3.05, 3.63) is 29.8 Å². The lowest BCUT2D eigenvalue weighted by Crippen LogP contribution is -2.36. The average molecular weight is 293 g/mol. The Morgan fingerprint density at radius 1 is 1.38 bits per heavy atom. The van der Waals surface area contributed by atoms with E-state index in [1.54, 1.807) is 4.90 Å². The van der Waals surface area contributed by atoms with Crippen molar-refractivity contribution in [1.29, 1.82) is 0 Å². The van der Waals surface area contributed by atoms with E-state index < -0.39 is 0 Å². The normalized spacial score (nSPS) is 12.0. The Hall–Kier alpha value is -1.59. The van der Waals surface area contributed by atoms with Gasteiger partial charge in [-0.05, 0) is 44.5 Å². The maximum absolute atomic E-state index is 12.1. The Labute approximate surface area is 127 Å². The van der Waals surface area contributed by atoms with Crippen molar-refractivity contribution in [2.45, 2.75) is 33.2 Å². The second-order valence-electron chi connectivity index (χ2n) is 5.03. The van der Waals surface area contributed by atoms with Gasteiger partial charge in [0.05, 0.1) is 6.61 Å². The highest BCUT2D eigenvalue weighted by Gasteiger charge is 2.11. The van der Waals surface area contributed by atoms with Gasteiger partial charge in [0.2, 0.25) is 0 Å². The first-order valence-corrected chi connectivity index (χ1v) is 7.62. The predicted octanol–water partition coefficient (Wildman–Crippen LogP) is 2.59. The summed E-state index contributed by atoms with van der Waals surface area (Å²) in [6.07, 6.45) is 1.09. The van der Waals surface area contributed by atoms with Crippen molar-refractivity contribution >= 4 is 11.7 Å². The lowest BCUT2D eigenvalue weighted by atomic mass is 10.1. The third-order valence-electron chi connectivity index (χ3n) is 3.38. The molecule has 2 amide bonds. The minimum atomic E-state index is -0.183. The number of nitrogens with zero attached hydrogens (tertiary/aromatic N) is 1. The Bertz CT molecular complexity index is 437. The van der Waals surface area contributed by atoms with Crippen molar-refractivity contribution in [3.63, 3.8) is 0 Å². The van der Waals surface area contributed by atoms with E-state index in [1.165, 1.54) is 0 Å². The summed E-state index contributed by atoms with van der Waals surface area (Å²) in [4.78, 5) is 13.6. The summed E-state index contributed by atoms with van der Waals surface area (Å²) in [7, 11) is 0. The molecule has 5 nitrogen and oxygen atoms in total. The molecule has 0 aliphatic rings. The van der Waals surface area contributed by atoms with Crippen LogP contribution >= 0.6 is 0 Å². The van der Waals surface area contributed by atoms with Gasteiger partial charge >= 0.3 is 6.03 Å². The maximum Gasteiger partial charge on any atom is 0.321 e. The molecule has 1 rings (SSSR count). The molecule has 0 saturated heterocycles. The van der Waals surface area contributed by atoms with Crippen LogP contribution in [0.1, 0.15) is 38.8 Å². The maximum atomic E-state index is 12.1. The number of likely N-dealkylation sites (N-methyl/N-ethyl adjacent to an activating group) is 1. The van der Waals surface area contributed by atoms with E-state index in [-0.39, 0.29) is 18.7 Å². The fraction of sp³-hybridized carbons (Fsp3) is 0.562. The van der Waals surface area contributed by atoms with Crippen LogP contribution in [0.4, 0.5) is 10.5 Å². The van der Waals surface area contributed by atoms with Crippen LogP contribution in [0, 0.1) is 0 Å². The second kappa shape index (κ2) is 9.37. The fourth-order valence-electron chi connectivity index (χ4n) is 2.09. The Morgan fingerprint density at radius 2 is 2.14 bits per heavy atom. The number of carbonyl (C=O) groups excluding carboxylic acids is 1. The minimum absolute atomic E-state index is 0.0285. The van der Waals surface area contributed by atoms with Crippen LogP contribution < -0.4 is 10.6 Å². The van der Waals surface area contributed by atoms with Gasteiger partial charge < -0.3 is 20.6 Å². The zero-order valence-corrected chi connectivity index (χ0v) is 13.2. The smallest absolute Gasteiger partial charge is 0.321 e. The molecule has 21 heavy (non-hydrogen) atoms. The van der Waals surface area contributed by atoms with Crippen LogP contribution in [0.2, 0.25) is 0 Å². The van der Waals surface area contributed by atoms with Crippen LogP contribution in [-0.2, 0) is 0 Å². The van der Waals surface area contributed by atoms with Crippen molar-refractivity contribution in [2.75, 3.05) is 31.6 Å². The van der Waals surface area contributed by atoms with Gasteiger partial charge in [-0.15, -0.1) is 0 Å². The van der Waals surface area contributed by atoms with Gasteiger partial charge in [-0.2, -0.15) is 0 Å². The van der Waals surface area contributed by atoms with E-state index in [1.807, 2.05) is 31.2 Å². The Morgan fingerprint density at radius 3 is 2.76 bits per heavy atom. The standard InChI is InChI=1S/C16H27N3O2/c1-4-9-17-13(3)14-7-6-8-15(12-14)18-16(21)19(5-2)10-11-20/h6-8,12-13,17,20H,4-5,9-11H2,1-3H3,(H,18,21). The quantitative estimate of drug-likeness (QED) is 0.690. The summed E-state index contributed by atoms with van der Waals surface area (Å²) < 4.78 is 0. The highest BCUT2D eigenvalue weighted by atomic mass is 16.3. The largest absolute Gasteiger partial charge is 0.395 e. The number of carbonyl (C=O) groups is 1. The molecule has 0 saturated carbocycles. The number of aliphatic hydroxyl groups is 1. The summed E-state index contributed by atoms with van der Waals surface area (Å²) in [5.74, 6) is 0.